The number of nitrogens with zero attached hydrogens (tertiary/aromatic N) is 1. The molecule has 120 valence electrons. The van der Waals surface area contributed by atoms with Gasteiger partial charge in [-0.3, -0.25) is 4.90 Å². The zero-order chi connectivity index (χ0) is 15.6. The number of hydrogen-bond acceptors (Lipinski definition) is 3. The van der Waals surface area contributed by atoms with Gasteiger partial charge in [-0.15, -0.1) is 11.3 Å². The van der Waals surface area contributed by atoms with Crippen molar-refractivity contribution >= 4 is 11.3 Å². The Morgan fingerprint density at radius 2 is 2.05 bits per heavy atom. The fraction of sp³-hybridized carbons (Fsp3) is 0.778. The maximum absolute atomic E-state index is 3.77. The van der Waals surface area contributed by atoms with Gasteiger partial charge in [-0.1, -0.05) is 20.8 Å². The minimum Gasteiger partial charge on any atom is -0.311 e. The lowest BCUT2D eigenvalue weighted by Gasteiger charge is -2.44. The summed E-state index contributed by atoms with van der Waals surface area (Å²) in [4.78, 5) is 5.68. The fourth-order valence-corrected chi connectivity index (χ4v) is 4.73. The van der Waals surface area contributed by atoms with Crippen molar-refractivity contribution < 1.29 is 0 Å². The van der Waals surface area contributed by atoms with Crippen LogP contribution in [0.2, 0.25) is 0 Å². The number of aryl methyl sites for hydroxylation is 2. The zero-order valence-corrected chi connectivity index (χ0v) is 15.4. The highest BCUT2D eigenvalue weighted by Gasteiger charge is 2.31. The molecular formula is C18H32N2S. The summed E-state index contributed by atoms with van der Waals surface area (Å²) in [5.41, 5.74) is 1.54. The molecule has 21 heavy (non-hydrogen) atoms. The van der Waals surface area contributed by atoms with Crippen LogP contribution in [0.4, 0.5) is 0 Å². The van der Waals surface area contributed by atoms with E-state index in [1.54, 1.807) is 5.56 Å². The zero-order valence-electron chi connectivity index (χ0n) is 14.6. The third-order valence-electron chi connectivity index (χ3n) is 4.80. The summed E-state index contributed by atoms with van der Waals surface area (Å²) in [5, 5.41) is 3.77. The molecule has 0 bridgehead atoms. The Morgan fingerprint density at radius 1 is 1.33 bits per heavy atom. The quantitative estimate of drug-likeness (QED) is 0.860. The molecule has 1 saturated heterocycles. The average molecular weight is 309 g/mol. The molecule has 1 aliphatic heterocycles. The SMILES string of the molecule is CCC1CNC(CC(C)C)CN1C(C)c1cc(C)sc1C. The fourth-order valence-electron chi connectivity index (χ4n) is 3.71. The van der Waals surface area contributed by atoms with Gasteiger partial charge >= 0.3 is 0 Å². The van der Waals surface area contributed by atoms with Crippen molar-refractivity contribution in [1.29, 1.82) is 0 Å². The highest BCUT2D eigenvalue weighted by molar-refractivity contribution is 7.12. The van der Waals surface area contributed by atoms with Gasteiger partial charge in [-0.25, -0.2) is 0 Å². The predicted octanol–water partition coefficient (Wildman–Crippen LogP) is 4.52. The molecule has 0 aliphatic carbocycles. The number of nitrogens with one attached hydrogen (secondary N) is 1. The van der Waals surface area contributed by atoms with Crippen LogP contribution in [0.1, 0.15) is 61.9 Å². The van der Waals surface area contributed by atoms with Crippen molar-refractivity contribution in [2.45, 2.75) is 72.5 Å². The summed E-state index contributed by atoms with van der Waals surface area (Å²) in [6.07, 6.45) is 2.51. The van der Waals surface area contributed by atoms with Gasteiger partial charge < -0.3 is 5.32 Å². The van der Waals surface area contributed by atoms with E-state index in [-0.39, 0.29) is 0 Å². The van der Waals surface area contributed by atoms with Crippen LogP contribution >= 0.6 is 11.3 Å². The highest BCUT2D eigenvalue weighted by Crippen LogP contribution is 2.32. The molecule has 0 amide bonds. The first-order chi connectivity index (χ1) is 9.92. The van der Waals surface area contributed by atoms with Gasteiger partial charge in [0.2, 0.25) is 0 Å². The molecule has 0 aromatic carbocycles. The van der Waals surface area contributed by atoms with E-state index in [0.717, 1.165) is 12.5 Å². The van der Waals surface area contributed by atoms with Crippen molar-refractivity contribution in [2.75, 3.05) is 13.1 Å². The Balaban J connectivity index is 2.14. The van der Waals surface area contributed by atoms with Gasteiger partial charge in [0.05, 0.1) is 0 Å². The van der Waals surface area contributed by atoms with Crippen molar-refractivity contribution in [3.8, 4) is 0 Å². The largest absolute Gasteiger partial charge is 0.311 e. The van der Waals surface area contributed by atoms with Crippen LogP contribution in [0.15, 0.2) is 6.07 Å². The van der Waals surface area contributed by atoms with Gasteiger partial charge in [0, 0.05) is 41.0 Å². The molecule has 2 rings (SSSR count). The van der Waals surface area contributed by atoms with Crippen LogP contribution in [0.25, 0.3) is 0 Å². The molecule has 1 N–H and O–H groups in total. The van der Waals surface area contributed by atoms with E-state index in [0.29, 0.717) is 18.1 Å². The molecule has 2 nitrogen and oxygen atoms in total. The molecule has 1 aromatic rings. The lowest BCUT2D eigenvalue weighted by molar-refractivity contribution is 0.0802. The van der Waals surface area contributed by atoms with Crippen LogP contribution < -0.4 is 5.32 Å². The average Bonchev–Trinajstić information content (AvgIpc) is 2.76. The molecule has 1 fully saturated rings. The Kier molecular flexibility index (Phi) is 5.87. The summed E-state index contributed by atoms with van der Waals surface area (Å²) in [6, 6.07) is 4.26. The molecule has 1 aliphatic rings. The van der Waals surface area contributed by atoms with Crippen LogP contribution in [0.3, 0.4) is 0 Å². The van der Waals surface area contributed by atoms with Crippen molar-refractivity contribution in [3.05, 3.63) is 21.4 Å². The first-order valence-electron chi connectivity index (χ1n) is 8.48. The molecule has 3 atom stereocenters. The lowest BCUT2D eigenvalue weighted by atomic mass is 9.96. The summed E-state index contributed by atoms with van der Waals surface area (Å²) < 4.78 is 0. The molecule has 2 heterocycles. The van der Waals surface area contributed by atoms with E-state index < -0.39 is 0 Å². The van der Waals surface area contributed by atoms with Crippen LogP contribution in [-0.2, 0) is 0 Å². The van der Waals surface area contributed by atoms with E-state index in [1.165, 1.54) is 29.1 Å². The predicted molar refractivity (Wildman–Crippen MR) is 94.2 cm³/mol. The third-order valence-corrected chi connectivity index (χ3v) is 5.78. The summed E-state index contributed by atoms with van der Waals surface area (Å²) in [7, 11) is 0. The molecule has 0 radical (unpaired) electrons. The normalized spacial score (nSPS) is 25.5. The molecule has 3 heteroatoms. The summed E-state index contributed by atoms with van der Waals surface area (Å²) in [5.74, 6) is 0.767. The smallest absolute Gasteiger partial charge is 0.0335 e. The minimum absolute atomic E-state index is 0.539. The standard InChI is InChI=1S/C18H32N2S/c1-7-17-10-19-16(8-12(2)3)11-20(17)14(5)18-9-13(4)21-15(18)6/h9,12,14,16-17,19H,7-8,10-11H2,1-6H3. The van der Waals surface area contributed by atoms with Crippen molar-refractivity contribution in [2.24, 2.45) is 5.92 Å². The monoisotopic (exact) mass is 308 g/mol. The molecule has 1 aromatic heterocycles. The van der Waals surface area contributed by atoms with Gasteiger partial charge in [0.1, 0.15) is 0 Å². The lowest BCUT2D eigenvalue weighted by Crippen LogP contribution is -2.57. The number of rotatable bonds is 5. The molecule has 0 saturated carbocycles. The first-order valence-corrected chi connectivity index (χ1v) is 9.30. The van der Waals surface area contributed by atoms with E-state index >= 15 is 0 Å². The van der Waals surface area contributed by atoms with Crippen LogP contribution in [0, 0.1) is 19.8 Å². The second-order valence-corrected chi connectivity index (χ2v) is 8.50. The first kappa shape index (κ1) is 17.0. The summed E-state index contributed by atoms with van der Waals surface area (Å²) >= 11 is 1.94. The summed E-state index contributed by atoms with van der Waals surface area (Å²) in [6.45, 7) is 16.2. The molecule has 0 spiro atoms. The maximum atomic E-state index is 3.77. The maximum Gasteiger partial charge on any atom is 0.0335 e. The van der Waals surface area contributed by atoms with Gasteiger partial charge in [-0.05, 0) is 51.2 Å². The van der Waals surface area contributed by atoms with Crippen molar-refractivity contribution in [3.63, 3.8) is 0 Å². The molecule has 3 unspecified atom stereocenters. The van der Waals surface area contributed by atoms with E-state index in [1.807, 2.05) is 11.3 Å². The molecular weight excluding hydrogens is 276 g/mol. The van der Waals surface area contributed by atoms with Gasteiger partial charge in [-0.2, -0.15) is 0 Å². The minimum atomic E-state index is 0.539. The van der Waals surface area contributed by atoms with E-state index in [4.69, 9.17) is 0 Å². The Hall–Kier alpha value is -0.380. The Labute approximate surface area is 134 Å². The second kappa shape index (κ2) is 7.26. The van der Waals surface area contributed by atoms with Gasteiger partial charge in [0.15, 0.2) is 0 Å². The Bertz CT molecular complexity index is 452. The Morgan fingerprint density at radius 3 is 2.57 bits per heavy atom. The van der Waals surface area contributed by atoms with Crippen molar-refractivity contribution in [1.82, 2.24) is 10.2 Å². The number of piperazine rings is 1. The highest BCUT2D eigenvalue weighted by atomic mass is 32.1. The third kappa shape index (κ3) is 4.08. The van der Waals surface area contributed by atoms with E-state index in [2.05, 4.69) is 57.8 Å². The van der Waals surface area contributed by atoms with Crippen LogP contribution in [-0.4, -0.2) is 30.1 Å². The number of thiophene rings is 1. The van der Waals surface area contributed by atoms with Crippen LogP contribution in [0.5, 0.6) is 0 Å². The second-order valence-electron chi connectivity index (χ2n) is 7.04. The van der Waals surface area contributed by atoms with E-state index in [9.17, 15) is 0 Å². The number of hydrogen-bond donors (Lipinski definition) is 1. The topological polar surface area (TPSA) is 15.3 Å². The van der Waals surface area contributed by atoms with Gasteiger partial charge in [0.25, 0.3) is 0 Å².